The molecule has 0 bridgehead atoms. The number of fused-ring (bicyclic) bond motifs is 1. The van der Waals surface area contributed by atoms with Crippen molar-refractivity contribution in [1.82, 2.24) is 14.5 Å². The number of pyridine rings is 1. The van der Waals surface area contributed by atoms with Crippen molar-refractivity contribution in [2.75, 3.05) is 13.1 Å². The average molecular weight is 494 g/mol. The summed E-state index contributed by atoms with van der Waals surface area (Å²) >= 11 is 6.33. The largest absolute Gasteiger partial charge is 0.341 e. The Bertz CT molecular complexity index is 1300. The lowest BCUT2D eigenvalue weighted by Crippen LogP contribution is -2.45. The molecule has 1 aliphatic heterocycles. The highest BCUT2D eigenvalue weighted by atomic mass is 35.5. The third kappa shape index (κ3) is 4.61. The Labute approximate surface area is 212 Å². The molecule has 0 unspecified atom stereocenters. The Morgan fingerprint density at radius 1 is 1.14 bits per heavy atom. The molecule has 6 heteroatoms. The zero-order chi connectivity index (χ0) is 24.7. The zero-order valence-corrected chi connectivity index (χ0v) is 21.8. The van der Waals surface area contributed by atoms with Gasteiger partial charge in [-0.1, -0.05) is 36.2 Å². The number of aromatic amines is 1. The number of rotatable bonds is 7. The van der Waals surface area contributed by atoms with E-state index in [1.165, 1.54) is 45.2 Å². The number of likely N-dealkylation sites (tertiary alicyclic amines) is 1. The molecule has 5 nitrogen and oxygen atoms in total. The van der Waals surface area contributed by atoms with Crippen molar-refractivity contribution in [3.8, 4) is 0 Å². The van der Waals surface area contributed by atoms with Gasteiger partial charge in [0.2, 0.25) is 0 Å². The molecule has 5 rings (SSSR count). The van der Waals surface area contributed by atoms with Crippen LogP contribution < -0.4 is 5.56 Å². The van der Waals surface area contributed by atoms with Crippen LogP contribution in [0.5, 0.6) is 0 Å². The molecule has 1 N–H and O–H groups in total. The normalized spacial score (nSPS) is 18.6. The first kappa shape index (κ1) is 24.3. The first-order valence-corrected chi connectivity index (χ1v) is 13.5. The van der Waals surface area contributed by atoms with Crippen LogP contribution in [0.15, 0.2) is 35.1 Å². The third-order valence-electron chi connectivity index (χ3n) is 8.51. The maximum atomic E-state index is 13.5. The van der Waals surface area contributed by atoms with Gasteiger partial charge in [-0.2, -0.15) is 0 Å². The Kier molecular flexibility index (Phi) is 6.91. The van der Waals surface area contributed by atoms with Gasteiger partial charge in [0, 0.05) is 51.9 Å². The van der Waals surface area contributed by atoms with E-state index in [4.69, 9.17) is 11.6 Å². The van der Waals surface area contributed by atoms with E-state index in [0.717, 1.165) is 33.9 Å². The van der Waals surface area contributed by atoms with Crippen molar-refractivity contribution in [3.05, 3.63) is 68.2 Å². The Morgan fingerprint density at radius 3 is 2.51 bits per heavy atom. The lowest BCUT2D eigenvalue weighted by Gasteiger charge is -2.43. The molecule has 1 atom stereocenters. The zero-order valence-electron chi connectivity index (χ0n) is 21.1. The standard InChI is InChI=1S/C29H36ClN3O2/c1-18-17-25(30)23(29(35)31-18)11-12-27(34)28-20(3)33(26-10-5-4-9-24(26)28)19(2)21-13-15-32(16-14-21)22-7-6-8-22/h4-5,9-10,17,19,21-22H,6-8,11-16H2,1-3H3,(H,31,35)/t19-/m1/s1. The number of piperidine rings is 1. The number of ketones is 1. The molecule has 3 heterocycles. The van der Waals surface area contributed by atoms with Crippen LogP contribution in [0, 0.1) is 19.8 Å². The maximum absolute atomic E-state index is 13.5. The summed E-state index contributed by atoms with van der Waals surface area (Å²) < 4.78 is 2.40. The van der Waals surface area contributed by atoms with Gasteiger partial charge in [-0.3, -0.25) is 9.59 Å². The van der Waals surface area contributed by atoms with Gasteiger partial charge in [0.15, 0.2) is 5.78 Å². The van der Waals surface area contributed by atoms with Gasteiger partial charge in [0.25, 0.3) is 5.56 Å². The summed E-state index contributed by atoms with van der Waals surface area (Å²) in [6.45, 7) is 8.59. The smallest absolute Gasteiger partial charge is 0.252 e. The molecule has 186 valence electrons. The van der Waals surface area contributed by atoms with Crippen molar-refractivity contribution < 1.29 is 4.79 Å². The number of nitrogens with one attached hydrogen (secondary N) is 1. The van der Waals surface area contributed by atoms with Crippen LogP contribution in [0.25, 0.3) is 10.9 Å². The molecular weight excluding hydrogens is 458 g/mol. The second kappa shape index (κ2) is 9.94. The van der Waals surface area contributed by atoms with Gasteiger partial charge in [-0.15, -0.1) is 0 Å². The molecule has 2 aromatic heterocycles. The fourth-order valence-corrected chi connectivity index (χ4v) is 6.61. The predicted molar refractivity (Wildman–Crippen MR) is 143 cm³/mol. The van der Waals surface area contributed by atoms with Crippen LogP contribution in [-0.2, 0) is 6.42 Å². The Hall–Kier alpha value is -2.37. The number of para-hydroxylation sites is 1. The van der Waals surface area contributed by atoms with Gasteiger partial charge in [-0.25, -0.2) is 0 Å². The Balaban J connectivity index is 1.39. The van der Waals surface area contributed by atoms with E-state index in [-0.39, 0.29) is 17.8 Å². The van der Waals surface area contributed by atoms with Gasteiger partial charge in [-0.05, 0) is 84.0 Å². The number of benzene rings is 1. The van der Waals surface area contributed by atoms with Gasteiger partial charge < -0.3 is 14.5 Å². The highest BCUT2D eigenvalue weighted by Crippen LogP contribution is 2.37. The fourth-order valence-electron chi connectivity index (χ4n) is 6.27. The summed E-state index contributed by atoms with van der Waals surface area (Å²) in [5, 5.41) is 1.44. The van der Waals surface area contributed by atoms with Crippen LogP contribution in [0.1, 0.15) is 78.8 Å². The predicted octanol–water partition coefficient (Wildman–Crippen LogP) is 6.24. The monoisotopic (exact) mass is 493 g/mol. The van der Waals surface area contributed by atoms with E-state index in [1.54, 1.807) is 13.0 Å². The van der Waals surface area contributed by atoms with Crippen molar-refractivity contribution >= 4 is 28.3 Å². The van der Waals surface area contributed by atoms with E-state index in [9.17, 15) is 9.59 Å². The van der Waals surface area contributed by atoms with E-state index >= 15 is 0 Å². The van der Waals surface area contributed by atoms with E-state index in [0.29, 0.717) is 29.0 Å². The van der Waals surface area contributed by atoms with Crippen molar-refractivity contribution in [1.29, 1.82) is 0 Å². The van der Waals surface area contributed by atoms with E-state index in [2.05, 4.69) is 46.5 Å². The van der Waals surface area contributed by atoms with Crippen LogP contribution in [-0.4, -0.2) is 39.4 Å². The number of carbonyl (C=O) groups is 1. The minimum absolute atomic E-state index is 0.0699. The molecule has 3 aromatic rings. The second-order valence-corrected chi connectivity index (χ2v) is 11.0. The molecule has 0 radical (unpaired) electrons. The summed E-state index contributed by atoms with van der Waals surface area (Å²) in [4.78, 5) is 31.4. The molecule has 0 amide bonds. The first-order chi connectivity index (χ1) is 16.8. The molecule has 2 aliphatic rings. The highest BCUT2D eigenvalue weighted by molar-refractivity contribution is 6.31. The van der Waals surface area contributed by atoms with Crippen LogP contribution in [0.2, 0.25) is 5.02 Å². The summed E-state index contributed by atoms with van der Waals surface area (Å²) in [5.41, 5.74) is 3.96. The third-order valence-corrected chi connectivity index (χ3v) is 8.85. The number of hydrogen-bond donors (Lipinski definition) is 1. The summed E-state index contributed by atoms with van der Waals surface area (Å²) in [5.74, 6) is 0.675. The number of halogens is 1. The molecule has 1 aliphatic carbocycles. The van der Waals surface area contributed by atoms with Gasteiger partial charge >= 0.3 is 0 Å². The van der Waals surface area contributed by atoms with Crippen LogP contribution in [0.3, 0.4) is 0 Å². The highest BCUT2D eigenvalue weighted by Gasteiger charge is 2.32. The fraction of sp³-hybridized carbons (Fsp3) is 0.517. The number of Topliss-reactive ketones (excluding diaryl/α,β-unsaturated/α-hetero) is 1. The van der Waals surface area contributed by atoms with Gasteiger partial charge in [0.05, 0.1) is 5.02 Å². The lowest BCUT2D eigenvalue weighted by atomic mass is 9.85. The van der Waals surface area contributed by atoms with Gasteiger partial charge in [0.1, 0.15) is 0 Å². The second-order valence-electron chi connectivity index (χ2n) is 10.6. The molecule has 35 heavy (non-hydrogen) atoms. The number of hydrogen-bond acceptors (Lipinski definition) is 3. The number of nitrogens with zero attached hydrogens (tertiary/aromatic N) is 2. The number of aromatic nitrogens is 2. The summed E-state index contributed by atoms with van der Waals surface area (Å²) in [6, 6.07) is 11.2. The quantitative estimate of drug-likeness (QED) is 0.396. The van der Waals surface area contributed by atoms with E-state index < -0.39 is 0 Å². The molecule has 0 spiro atoms. The molecule has 1 aromatic carbocycles. The molecular formula is C29H36ClN3O2. The van der Waals surface area contributed by atoms with Crippen LogP contribution >= 0.6 is 11.6 Å². The lowest BCUT2D eigenvalue weighted by molar-refractivity contribution is 0.0731. The van der Waals surface area contributed by atoms with Crippen molar-refractivity contribution in [2.24, 2.45) is 5.92 Å². The van der Waals surface area contributed by atoms with E-state index in [1.807, 2.05) is 6.07 Å². The minimum Gasteiger partial charge on any atom is -0.341 e. The average Bonchev–Trinajstić information content (AvgIpc) is 3.09. The summed E-state index contributed by atoms with van der Waals surface area (Å²) in [6.07, 6.45) is 7.13. The van der Waals surface area contributed by atoms with Crippen molar-refractivity contribution in [3.63, 3.8) is 0 Å². The Morgan fingerprint density at radius 2 is 1.86 bits per heavy atom. The topological polar surface area (TPSA) is 58.1 Å². The first-order valence-electron chi connectivity index (χ1n) is 13.1. The number of aryl methyl sites for hydroxylation is 1. The number of H-pyrrole nitrogens is 1. The summed E-state index contributed by atoms with van der Waals surface area (Å²) in [7, 11) is 0. The molecule has 2 fully saturated rings. The minimum atomic E-state index is -0.205. The number of carbonyl (C=O) groups excluding carboxylic acids is 1. The molecule has 1 saturated carbocycles. The molecule has 1 saturated heterocycles. The van der Waals surface area contributed by atoms with Crippen LogP contribution in [0.4, 0.5) is 0 Å². The maximum Gasteiger partial charge on any atom is 0.252 e. The van der Waals surface area contributed by atoms with Crippen molar-refractivity contribution in [2.45, 2.75) is 77.8 Å². The SMILES string of the molecule is Cc1cc(Cl)c(CCC(=O)c2c(C)n([C@H](C)C3CCN(C4CCC4)CC3)c3ccccc23)c(=O)[nH]1.